The number of hydrogen-bond acceptors (Lipinski definition) is 5. The smallest absolute Gasteiger partial charge is 0.236 e. The third-order valence-corrected chi connectivity index (χ3v) is 7.68. The second kappa shape index (κ2) is 9.77. The third kappa shape index (κ3) is 5.20. The number of pyridine rings is 1. The lowest BCUT2D eigenvalue weighted by molar-refractivity contribution is -0.132. The lowest BCUT2D eigenvalue weighted by Gasteiger charge is -2.44. The van der Waals surface area contributed by atoms with Gasteiger partial charge in [-0.15, -0.1) is 0 Å². The number of para-hydroxylation sites is 1. The van der Waals surface area contributed by atoms with Crippen molar-refractivity contribution in [2.24, 2.45) is 5.41 Å². The van der Waals surface area contributed by atoms with Crippen molar-refractivity contribution >= 4 is 5.91 Å². The fraction of sp³-hybridized carbons (Fsp3) is 0.538. The first-order valence-electron chi connectivity index (χ1n) is 12.2. The topological polar surface area (TPSA) is 66.5 Å². The van der Waals surface area contributed by atoms with Crippen LogP contribution in [-0.2, 0) is 11.4 Å². The van der Waals surface area contributed by atoms with Gasteiger partial charge in [-0.25, -0.2) is 4.98 Å². The number of nitrogens with one attached hydrogen (secondary N) is 2. The maximum absolute atomic E-state index is 13.8. The minimum absolute atomic E-state index is 0.145. The van der Waals surface area contributed by atoms with Crippen molar-refractivity contribution in [3.05, 3.63) is 59.7 Å². The van der Waals surface area contributed by atoms with E-state index in [4.69, 9.17) is 4.74 Å². The van der Waals surface area contributed by atoms with Crippen LogP contribution < -0.4 is 15.4 Å². The number of hydrogen-bond donors (Lipinski definition) is 2. The van der Waals surface area contributed by atoms with Gasteiger partial charge in [0.15, 0.2) is 0 Å². The molecule has 1 spiro atoms. The highest BCUT2D eigenvalue weighted by Crippen LogP contribution is 2.45. The summed E-state index contributed by atoms with van der Waals surface area (Å²) >= 11 is 0. The maximum atomic E-state index is 13.8. The zero-order valence-corrected chi connectivity index (χ0v) is 19.1. The van der Waals surface area contributed by atoms with Crippen molar-refractivity contribution in [2.45, 2.75) is 50.7 Å². The van der Waals surface area contributed by atoms with E-state index >= 15 is 0 Å². The monoisotopic (exact) mass is 452 g/mol. The van der Waals surface area contributed by atoms with E-state index in [1.165, 1.54) is 19.0 Å². The summed E-state index contributed by atoms with van der Waals surface area (Å²) in [5.74, 6) is 0.793. The highest BCUT2D eigenvalue weighted by Gasteiger charge is 2.41. The standard InChI is InChI=1S/C26H33FN4O2/c27-25-19(4-3-11-29-25)18-33-23-6-2-1-5-20(23)21-16-22(21)30-17-24(32)31-14-9-26(10-15-31)7-12-28-13-8-26/h1-6,11,21-22,28,30H,7-10,12-18H2. The number of benzene rings is 1. The van der Waals surface area contributed by atoms with Gasteiger partial charge in [-0.1, -0.05) is 18.2 Å². The number of piperidine rings is 2. The second-order valence-corrected chi connectivity index (χ2v) is 9.74. The first-order valence-corrected chi connectivity index (χ1v) is 12.2. The van der Waals surface area contributed by atoms with Crippen LogP contribution in [-0.4, -0.2) is 54.6 Å². The van der Waals surface area contributed by atoms with Crippen LogP contribution >= 0.6 is 0 Å². The van der Waals surface area contributed by atoms with Crippen LogP contribution in [0, 0.1) is 11.4 Å². The SMILES string of the molecule is O=C(CNC1CC1c1ccccc1OCc1cccnc1F)N1CCC2(CCNCC2)CC1. The van der Waals surface area contributed by atoms with Crippen LogP contribution in [0.15, 0.2) is 42.6 Å². The van der Waals surface area contributed by atoms with Crippen LogP contribution in [0.4, 0.5) is 4.39 Å². The third-order valence-electron chi connectivity index (χ3n) is 7.68. The van der Waals surface area contributed by atoms with Gasteiger partial charge in [0.2, 0.25) is 11.9 Å². The summed E-state index contributed by atoms with van der Waals surface area (Å²) in [5, 5.41) is 6.91. The summed E-state index contributed by atoms with van der Waals surface area (Å²) in [6.07, 6.45) is 7.16. The molecule has 5 rings (SSSR count). The van der Waals surface area contributed by atoms with Gasteiger partial charge >= 0.3 is 0 Å². The summed E-state index contributed by atoms with van der Waals surface area (Å²) in [6.45, 7) is 4.53. The molecule has 176 valence electrons. The minimum atomic E-state index is -0.497. The largest absolute Gasteiger partial charge is 0.488 e. The highest BCUT2D eigenvalue weighted by molar-refractivity contribution is 5.78. The van der Waals surface area contributed by atoms with Gasteiger partial charge in [-0.2, -0.15) is 4.39 Å². The number of rotatable bonds is 7. The highest BCUT2D eigenvalue weighted by atomic mass is 19.1. The molecule has 3 fully saturated rings. The van der Waals surface area contributed by atoms with Crippen molar-refractivity contribution in [3.8, 4) is 5.75 Å². The lowest BCUT2D eigenvalue weighted by atomic mass is 9.71. The van der Waals surface area contributed by atoms with Crippen molar-refractivity contribution in [2.75, 3.05) is 32.7 Å². The Labute approximate surface area is 194 Å². The average molecular weight is 453 g/mol. The zero-order chi connectivity index (χ0) is 22.7. The molecule has 33 heavy (non-hydrogen) atoms. The number of carbonyl (C=O) groups is 1. The van der Waals surface area contributed by atoms with Crippen molar-refractivity contribution in [1.82, 2.24) is 20.5 Å². The molecule has 2 unspecified atom stereocenters. The molecule has 1 aromatic heterocycles. The number of aromatic nitrogens is 1. The Bertz CT molecular complexity index is 968. The molecule has 3 heterocycles. The number of halogens is 1. The second-order valence-electron chi connectivity index (χ2n) is 9.74. The summed E-state index contributed by atoms with van der Waals surface area (Å²) in [4.78, 5) is 18.5. The van der Waals surface area contributed by atoms with Crippen molar-refractivity contribution < 1.29 is 13.9 Å². The molecule has 1 aliphatic carbocycles. The van der Waals surface area contributed by atoms with E-state index in [9.17, 15) is 9.18 Å². The molecule has 3 aliphatic rings. The fourth-order valence-electron chi connectivity index (χ4n) is 5.38. The summed E-state index contributed by atoms with van der Waals surface area (Å²) in [6, 6.07) is 11.6. The molecule has 0 bridgehead atoms. The summed E-state index contributed by atoms with van der Waals surface area (Å²) in [7, 11) is 0. The first kappa shape index (κ1) is 22.3. The quantitative estimate of drug-likeness (QED) is 0.632. The number of likely N-dealkylation sites (tertiary alicyclic amines) is 1. The number of amides is 1. The summed E-state index contributed by atoms with van der Waals surface area (Å²) < 4.78 is 19.8. The van der Waals surface area contributed by atoms with E-state index in [2.05, 4.69) is 21.7 Å². The molecule has 2 saturated heterocycles. The Balaban J connectivity index is 1.10. The van der Waals surface area contributed by atoms with Gasteiger partial charge < -0.3 is 20.3 Å². The summed E-state index contributed by atoms with van der Waals surface area (Å²) in [5.41, 5.74) is 2.01. The number of nitrogens with zero attached hydrogens (tertiary/aromatic N) is 2. The van der Waals surface area contributed by atoms with E-state index in [0.717, 1.165) is 56.8 Å². The Kier molecular flexibility index (Phi) is 6.60. The molecule has 1 saturated carbocycles. The van der Waals surface area contributed by atoms with Gasteiger partial charge in [-0.05, 0) is 74.4 Å². The molecule has 0 radical (unpaired) electrons. The van der Waals surface area contributed by atoms with Crippen LogP contribution in [0.1, 0.15) is 49.1 Å². The Morgan fingerprint density at radius 3 is 2.73 bits per heavy atom. The van der Waals surface area contributed by atoms with Crippen LogP contribution in [0.3, 0.4) is 0 Å². The Morgan fingerprint density at radius 1 is 1.15 bits per heavy atom. The van der Waals surface area contributed by atoms with Gasteiger partial charge in [-0.3, -0.25) is 4.79 Å². The first-order chi connectivity index (χ1) is 16.1. The predicted octanol–water partition coefficient (Wildman–Crippen LogP) is 3.24. The molecule has 1 aromatic carbocycles. The number of ether oxygens (including phenoxy) is 1. The molecular weight excluding hydrogens is 419 g/mol. The van der Waals surface area contributed by atoms with E-state index in [1.807, 2.05) is 23.1 Å². The van der Waals surface area contributed by atoms with Gasteiger partial charge in [0.05, 0.1) is 6.54 Å². The predicted molar refractivity (Wildman–Crippen MR) is 124 cm³/mol. The zero-order valence-electron chi connectivity index (χ0n) is 19.1. The molecule has 6 nitrogen and oxygen atoms in total. The Morgan fingerprint density at radius 2 is 1.94 bits per heavy atom. The van der Waals surface area contributed by atoms with Crippen LogP contribution in [0.5, 0.6) is 5.75 Å². The Hall–Kier alpha value is -2.51. The van der Waals surface area contributed by atoms with E-state index in [1.54, 1.807) is 12.1 Å². The molecule has 2 aliphatic heterocycles. The van der Waals surface area contributed by atoms with E-state index < -0.39 is 5.95 Å². The van der Waals surface area contributed by atoms with Crippen LogP contribution in [0.25, 0.3) is 0 Å². The van der Waals surface area contributed by atoms with Gasteiger partial charge in [0.25, 0.3) is 0 Å². The fourth-order valence-corrected chi connectivity index (χ4v) is 5.38. The van der Waals surface area contributed by atoms with Crippen molar-refractivity contribution in [3.63, 3.8) is 0 Å². The molecule has 2 N–H and O–H groups in total. The van der Waals surface area contributed by atoms with E-state index in [0.29, 0.717) is 23.4 Å². The molecule has 1 amide bonds. The van der Waals surface area contributed by atoms with Crippen molar-refractivity contribution in [1.29, 1.82) is 0 Å². The molecular formula is C26H33FN4O2. The van der Waals surface area contributed by atoms with Gasteiger partial charge in [0, 0.05) is 36.8 Å². The number of carbonyl (C=O) groups excluding carboxylic acids is 1. The lowest BCUT2D eigenvalue weighted by Crippen LogP contribution is -2.49. The minimum Gasteiger partial charge on any atom is -0.488 e. The van der Waals surface area contributed by atoms with Crippen LogP contribution in [0.2, 0.25) is 0 Å². The maximum Gasteiger partial charge on any atom is 0.236 e. The van der Waals surface area contributed by atoms with Gasteiger partial charge in [0.1, 0.15) is 12.4 Å². The normalized spacial score (nSPS) is 24.0. The molecule has 2 aromatic rings. The molecule has 2 atom stereocenters. The average Bonchev–Trinajstić information content (AvgIpc) is 3.63. The van der Waals surface area contributed by atoms with E-state index in [-0.39, 0.29) is 18.6 Å². The molecule has 7 heteroatoms.